The number of aryl methyl sites for hydroxylation is 1. The predicted molar refractivity (Wildman–Crippen MR) is 148 cm³/mol. The molecule has 176 valence electrons. The van der Waals surface area contributed by atoms with E-state index < -0.39 is 0 Å². The van der Waals surface area contributed by atoms with Crippen molar-refractivity contribution >= 4 is 35.3 Å². The molecule has 0 atom stereocenters. The number of aliphatic hydroxyl groups excluding tert-OH is 1. The molecule has 0 saturated heterocycles. The predicted octanol–water partition coefficient (Wildman–Crippen LogP) is 8.17. The lowest BCUT2D eigenvalue weighted by molar-refractivity contribution is 0.281. The van der Waals surface area contributed by atoms with Crippen molar-refractivity contribution in [2.24, 2.45) is 0 Å². The molecule has 0 saturated carbocycles. The van der Waals surface area contributed by atoms with Gasteiger partial charge >= 0.3 is 0 Å². The molecule has 0 aliphatic heterocycles. The first-order chi connectivity index (χ1) is 17.1. The zero-order valence-corrected chi connectivity index (χ0v) is 20.5. The van der Waals surface area contributed by atoms with Crippen molar-refractivity contribution in [2.75, 3.05) is 12.0 Å². The molecule has 0 heterocycles. The molecule has 3 nitrogen and oxygen atoms in total. The summed E-state index contributed by atoms with van der Waals surface area (Å²) >= 11 is 0. The van der Waals surface area contributed by atoms with E-state index in [-0.39, 0.29) is 6.61 Å². The van der Waals surface area contributed by atoms with Gasteiger partial charge in [-0.1, -0.05) is 72.3 Å². The Hall–Kier alpha value is -4.08. The third-order valence-electron chi connectivity index (χ3n) is 5.92. The van der Waals surface area contributed by atoms with Crippen molar-refractivity contribution in [1.82, 2.24) is 0 Å². The van der Waals surface area contributed by atoms with Gasteiger partial charge in [-0.3, -0.25) is 0 Å². The highest BCUT2D eigenvalue weighted by molar-refractivity contribution is 5.79. The van der Waals surface area contributed by atoms with Gasteiger partial charge in [0.2, 0.25) is 0 Å². The Morgan fingerprint density at radius 1 is 0.743 bits per heavy atom. The molecule has 0 aromatic heterocycles. The van der Waals surface area contributed by atoms with Crippen LogP contribution >= 0.6 is 0 Å². The Morgan fingerprint density at radius 3 is 1.97 bits per heavy atom. The van der Waals surface area contributed by atoms with Crippen molar-refractivity contribution in [2.45, 2.75) is 20.5 Å². The standard InChI is InChI=1S/C32H31NO2/c1-4-8-27-21-28(23-34)26(22-32(27)35-3)16-13-25-14-19-31(20-15-25)33(29-9-6-5-7-10-29)30-17-11-24(2)12-18-30/h4-22,34H,23H2,1-3H3. The van der Waals surface area contributed by atoms with E-state index >= 15 is 0 Å². The topological polar surface area (TPSA) is 32.7 Å². The van der Waals surface area contributed by atoms with Gasteiger partial charge in [-0.15, -0.1) is 0 Å². The van der Waals surface area contributed by atoms with Crippen LogP contribution in [0.5, 0.6) is 5.75 Å². The monoisotopic (exact) mass is 461 g/mol. The average molecular weight is 462 g/mol. The maximum atomic E-state index is 9.90. The van der Waals surface area contributed by atoms with Crippen LogP contribution in [0.3, 0.4) is 0 Å². The number of aliphatic hydroxyl groups is 1. The van der Waals surface area contributed by atoms with E-state index in [1.165, 1.54) is 5.56 Å². The molecule has 4 aromatic carbocycles. The largest absolute Gasteiger partial charge is 0.496 e. The summed E-state index contributed by atoms with van der Waals surface area (Å²) in [6.45, 7) is 4.03. The number of allylic oxidation sites excluding steroid dienone is 1. The summed E-state index contributed by atoms with van der Waals surface area (Å²) in [5, 5.41) is 9.90. The van der Waals surface area contributed by atoms with Gasteiger partial charge in [0.25, 0.3) is 0 Å². The number of nitrogens with zero attached hydrogens (tertiary/aromatic N) is 1. The van der Waals surface area contributed by atoms with Crippen LogP contribution in [0, 0.1) is 6.92 Å². The number of para-hydroxylation sites is 1. The van der Waals surface area contributed by atoms with Gasteiger partial charge in [-0.25, -0.2) is 0 Å². The lowest BCUT2D eigenvalue weighted by Crippen LogP contribution is -2.09. The lowest BCUT2D eigenvalue weighted by Gasteiger charge is -2.25. The molecule has 3 heteroatoms. The number of benzene rings is 4. The summed E-state index contributed by atoms with van der Waals surface area (Å²) in [6.07, 6.45) is 8.03. The highest BCUT2D eigenvalue weighted by atomic mass is 16.5. The lowest BCUT2D eigenvalue weighted by atomic mass is 10.0. The second kappa shape index (κ2) is 11.4. The van der Waals surface area contributed by atoms with Gasteiger partial charge in [0, 0.05) is 22.6 Å². The zero-order valence-electron chi connectivity index (χ0n) is 20.5. The molecule has 0 aliphatic carbocycles. The summed E-state index contributed by atoms with van der Waals surface area (Å²) in [6, 6.07) is 31.4. The normalized spacial score (nSPS) is 11.3. The summed E-state index contributed by atoms with van der Waals surface area (Å²) in [5.41, 5.74) is 8.38. The molecular weight excluding hydrogens is 430 g/mol. The summed E-state index contributed by atoms with van der Waals surface area (Å²) in [5.74, 6) is 0.784. The fourth-order valence-electron chi connectivity index (χ4n) is 4.08. The highest BCUT2D eigenvalue weighted by Crippen LogP contribution is 2.34. The van der Waals surface area contributed by atoms with Crippen molar-refractivity contribution in [3.05, 3.63) is 125 Å². The molecule has 4 aromatic rings. The third-order valence-corrected chi connectivity index (χ3v) is 5.92. The average Bonchev–Trinajstić information content (AvgIpc) is 2.90. The van der Waals surface area contributed by atoms with Crippen molar-refractivity contribution in [3.63, 3.8) is 0 Å². The highest BCUT2D eigenvalue weighted by Gasteiger charge is 2.12. The minimum absolute atomic E-state index is 0.0320. The zero-order chi connectivity index (χ0) is 24.6. The van der Waals surface area contributed by atoms with E-state index in [1.807, 2.05) is 43.4 Å². The fraction of sp³-hybridized carbons (Fsp3) is 0.125. The number of methoxy groups -OCH3 is 1. The SMILES string of the molecule is CC=Cc1cc(CO)c(C=Cc2ccc(N(c3ccccc3)c3ccc(C)cc3)cc2)cc1OC. The minimum atomic E-state index is -0.0320. The van der Waals surface area contributed by atoms with Crippen LogP contribution in [0.2, 0.25) is 0 Å². The first kappa shape index (κ1) is 24.1. The Kier molecular flexibility index (Phi) is 7.81. The van der Waals surface area contributed by atoms with Crippen LogP contribution in [-0.4, -0.2) is 12.2 Å². The number of hydrogen-bond acceptors (Lipinski definition) is 3. The van der Waals surface area contributed by atoms with E-state index in [0.717, 1.165) is 45.1 Å². The quantitative estimate of drug-likeness (QED) is 0.269. The van der Waals surface area contributed by atoms with Gasteiger partial charge in [-0.2, -0.15) is 0 Å². The van der Waals surface area contributed by atoms with Crippen LogP contribution in [-0.2, 0) is 6.61 Å². The molecule has 0 fully saturated rings. The molecule has 0 spiro atoms. The molecule has 1 N–H and O–H groups in total. The Bertz CT molecular complexity index is 1300. The van der Waals surface area contributed by atoms with Gasteiger partial charge in [-0.05, 0) is 79.1 Å². The Morgan fingerprint density at radius 2 is 1.37 bits per heavy atom. The maximum absolute atomic E-state index is 9.90. The maximum Gasteiger partial charge on any atom is 0.126 e. The van der Waals surface area contributed by atoms with Crippen molar-refractivity contribution in [1.29, 1.82) is 0 Å². The van der Waals surface area contributed by atoms with E-state index in [4.69, 9.17) is 4.74 Å². The molecule has 0 amide bonds. The number of rotatable bonds is 8. The molecule has 4 rings (SSSR count). The third kappa shape index (κ3) is 5.71. The van der Waals surface area contributed by atoms with E-state index in [9.17, 15) is 5.11 Å². The number of anilines is 3. The number of ether oxygens (including phenoxy) is 1. The van der Waals surface area contributed by atoms with Crippen LogP contribution in [0.25, 0.3) is 18.2 Å². The van der Waals surface area contributed by atoms with Gasteiger partial charge in [0.1, 0.15) is 5.75 Å². The smallest absolute Gasteiger partial charge is 0.126 e. The first-order valence-corrected chi connectivity index (χ1v) is 11.8. The van der Waals surface area contributed by atoms with Crippen molar-refractivity contribution in [3.8, 4) is 5.75 Å². The van der Waals surface area contributed by atoms with Crippen LogP contribution in [0.4, 0.5) is 17.1 Å². The van der Waals surface area contributed by atoms with Crippen LogP contribution in [0.15, 0.2) is 97.1 Å². The second-order valence-electron chi connectivity index (χ2n) is 8.38. The van der Waals surface area contributed by atoms with Gasteiger partial charge in [0.05, 0.1) is 13.7 Å². The molecule has 0 unspecified atom stereocenters. The molecular formula is C32H31NO2. The molecule has 0 radical (unpaired) electrons. The van der Waals surface area contributed by atoms with Gasteiger partial charge < -0.3 is 14.7 Å². The minimum Gasteiger partial charge on any atom is -0.496 e. The van der Waals surface area contributed by atoms with E-state index in [1.54, 1.807) is 7.11 Å². The molecule has 35 heavy (non-hydrogen) atoms. The number of hydrogen-bond donors (Lipinski definition) is 1. The molecule has 0 bridgehead atoms. The van der Waals surface area contributed by atoms with Crippen LogP contribution in [0.1, 0.15) is 34.7 Å². The summed E-state index contributed by atoms with van der Waals surface area (Å²) in [4.78, 5) is 2.25. The summed E-state index contributed by atoms with van der Waals surface area (Å²) < 4.78 is 5.55. The molecule has 0 aliphatic rings. The van der Waals surface area contributed by atoms with Gasteiger partial charge in [0.15, 0.2) is 0 Å². The Labute approximate surface area is 208 Å². The first-order valence-electron chi connectivity index (χ1n) is 11.8. The summed E-state index contributed by atoms with van der Waals surface area (Å²) in [7, 11) is 1.67. The van der Waals surface area contributed by atoms with E-state index in [0.29, 0.717) is 0 Å². The second-order valence-corrected chi connectivity index (χ2v) is 8.38. The van der Waals surface area contributed by atoms with Crippen LogP contribution < -0.4 is 9.64 Å². The fourth-order valence-corrected chi connectivity index (χ4v) is 4.08. The van der Waals surface area contributed by atoms with E-state index in [2.05, 4.69) is 90.7 Å². The van der Waals surface area contributed by atoms with Crippen molar-refractivity contribution < 1.29 is 9.84 Å². The Balaban J connectivity index is 1.64.